The summed E-state index contributed by atoms with van der Waals surface area (Å²) in [5, 5.41) is 12.0. The molecule has 0 saturated heterocycles. The molecule has 0 saturated carbocycles. The Morgan fingerprint density at radius 1 is 0.900 bits per heavy atom. The van der Waals surface area contributed by atoms with Gasteiger partial charge in [-0.25, -0.2) is 13.2 Å². The van der Waals surface area contributed by atoms with Crippen molar-refractivity contribution in [3.05, 3.63) is 65.0 Å². The van der Waals surface area contributed by atoms with Gasteiger partial charge in [0.2, 0.25) is 0 Å². The van der Waals surface area contributed by atoms with Gasteiger partial charge in [-0.05, 0) is 48.4 Å². The van der Waals surface area contributed by atoms with Gasteiger partial charge >= 0.3 is 0 Å². The first-order chi connectivity index (χ1) is 9.56. The Hall–Kier alpha value is -2.01. The Kier molecular flexibility index (Phi) is 4.63. The maximum absolute atomic E-state index is 13.1. The second-order valence-corrected chi connectivity index (χ2v) is 4.46. The molecule has 0 aliphatic carbocycles. The molecule has 106 valence electrons. The zero-order chi connectivity index (χ0) is 14.5. The van der Waals surface area contributed by atoms with Gasteiger partial charge in [-0.3, -0.25) is 0 Å². The molecule has 0 amide bonds. The SMILES string of the molecule is Oc1c(F)cc(CNCCc2ccc(F)cc2)cc1F. The van der Waals surface area contributed by atoms with Crippen molar-refractivity contribution in [1.29, 1.82) is 0 Å². The van der Waals surface area contributed by atoms with Crippen molar-refractivity contribution in [3.8, 4) is 5.75 Å². The van der Waals surface area contributed by atoms with Crippen LogP contribution in [0.2, 0.25) is 0 Å². The predicted octanol–water partition coefficient (Wildman–Crippen LogP) is 3.14. The van der Waals surface area contributed by atoms with Crippen molar-refractivity contribution < 1.29 is 18.3 Å². The first kappa shape index (κ1) is 14.4. The van der Waals surface area contributed by atoms with E-state index in [9.17, 15) is 13.2 Å². The monoisotopic (exact) mass is 281 g/mol. The topological polar surface area (TPSA) is 32.3 Å². The summed E-state index contributed by atoms with van der Waals surface area (Å²) in [5.41, 5.74) is 1.39. The number of rotatable bonds is 5. The van der Waals surface area contributed by atoms with E-state index in [4.69, 9.17) is 5.11 Å². The summed E-state index contributed by atoms with van der Waals surface area (Å²) in [6.45, 7) is 0.880. The minimum Gasteiger partial charge on any atom is -0.503 e. The van der Waals surface area contributed by atoms with Crippen LogP contribution in [0.1, 0.15) is 11.1 Å². The van der Waals surface area contributed by atoms with Crippen molar-refractivity contribution in [3.63, 3.8) is 0 Å². The first-order valence-corrected chi connectivity index (χ1v) is 6.18. The van der Waals surface area contributed by atoms with E-state index < -0.39 is 17.4 Å². The first-order valence-electron chi connectivity index (χ1n) is 6.18. The average Bonchev–Trinajstić information content (AvgIpc) is 2.43. The maximum Gasteiger partial charge on any atom is 0.187 e. The standard InChI is InChI=1S/C15H14F3NO/c16-12-3-1-10(2-4-12)5-6-19-9-11-7-13(17)15(20)14(18)8-11/h1-4,7-8,19-20H,5-6,9H2. The second kappa shape index (κ2) is 6.43. The van der Waals surface area contributed by atoms with Gasteiger partial charge in [0.05, 0.1) is 0 Å². The number of hydrogen-bond donors (Lipinski definition) is 2. The van der Waals surface area contributed by atoms with Gasteiger partial charge in [-0.15, -0.1) is 0 Å². The molecule has 0 atom stereocenters. The number of hydrogen-bond acceptors (Lipinski definition) is 2. The molecule has 0 spiro atoms. The largest absolute Gasteiger partial charge is 0.503 e. The van der Waals surface area contributed by atoms with Crippen LogP contribution < -0.4 is 5.32 Å². The van der Waals surface area contributed by atoms with Crippen LogP contribution in [0.15, 0.2) is 36.4 Å². The molecule has 2 rings (SSSR count). The molecule has 2 nitrogen and oxygen atoms in total. The number of phenolic OH excluding ortho intramolecular Hbond substituents is 1. The molecule has 0 heterocycles. The zero-order valence-electron chi connectivity index (χ0n) is 10.7. The van der Waals surface area contributed by atoms with Gasteiger partial charge in [0.25, 0.3) is 0 Å². The molecule has 0 aliphatic heterocycles. The summed E-state index contributed by atoms with van der Waals surface area (Å²) in [6, 6.07) is 8.33. The van der Waals surface area contributed by atoms with Crippen LogP contribution >= 0.6 is 0 Å². The van der Waals surface area contributed by atoms with Gasteiger partial charge in [-0.1, -0.05) is 12.1 Å². The van der Waals surface area contributed by atoms with E-state index in [1.807, 2.05) is 0 Å². The molecule has 0 fully saturated rings. The zero-order valence-corrected chi connectivity index (χ0v) is 10.7. The quantitative estimate of drug-likeness (QED) is 0.825. The molecule has 0 aliphatic rings. The van der Waals surface area contributed by atoms with Gasteiger partial charge in [0, 0.05) is 6.54 Å². The smallest absolute Gasteiger partial charge is 0.187 e. The fourth-order valence-corrected chi connectivity index (χ4v) is 1.84. The number of benzene rings is 2. The van der Waals surface area contributed by atoms with Crippen LogP contribution in [-0.4, -0.2) is 11.7 Å². The van der Waals surface area contributed by atoms with Gasteiger partial charge in [0.15, 0.2) is 17.4 Å². The van der Waals surface area contributed by atoms with E-state index in [-0.39, 0.29) is 12.4 Å². The number of halogens is 3. The average molecular weight is 281 g/mol. The summed E-state index contributed by atoms with van der Waals surface area (Å²) >= 11 is 0. The van der Waals surface area contributed by atoms with Crippen molar-refractivity contribution >= 4 is 0 Å². The summed E-state index contributed by atoms with van der Waals surface area (Å²) in [7, 11) is 0. The van der Waals surface area contributed by atoms with Crippen molar-refractivity contribution in [2.24, 2.45) is 0 Å². The molecular weight excluding hydrogens is 267 g/mol. The van der Waals surface area contributed by atoms with Gasteiger partial charge in [0.1, 0.15) is 5.82 Å². The molecular formula is C15H14F3NO. The third-order valence-corrected chi connectivity index (χ3v) is 2.91. The van der Waals surface area contributed by atoms with E-state index >= 15 is 0 Å². The normalized spacial score (nSPS) is 10.8. The van der Waals surface area contributed by atoms with E-state index in [1.165, 1.54) is 12.1 Å². The van der Waals surface area contributed by atoms with Crippen LogP contribution in [0.3, 0.4) is 0 Å². The lowest BCUT2D eigenvalue weighted by molar-refractivity contribution is 0.395. The highest BCUT2D eigenvalue weighted by atomic mass is 19.1. The van der Waals surface area contributed by atoms with Crippen LogP contribution in [0.5, 0.6) is 5.75 Å². The van der Waals surface area contributed by atoms with Crippen molar-refractivity contribution in [2.75, 3.05) is 6.54 Å². The van der Waals surface area contributed by atoms with Crippen molar-refractivity contribution in [1.82, 2.24) is 5.32 Å². The molecule has 0 unspecified atom stereocenters. The Bertz CT molecular complexity index is 561. The number of aromatic hydroxyl groups is 1. The molecule has 5 heteroatoms. The van der Waals surface area contributed by atoms with Crippen LogP contribution in [0.4, 0.5) is 13.2 Å². The molecule has 0 bridgehead atoms. The third kappa shape index (κ3) is 3.74. The molecule has 0 radical (unpaired) electrons. The Morgan fingerprint density at radius 2 is 1.50 bits per heavy atom. The lowest BCUT2D eigenvalue weighted by Gasteiger charge is -2.07. The Labute approximate surface area is 114 Å². The fourth-order valence-electron chi connectivity index (χ4n) is 1.84. The summed E-state index contributed by atoms with van der Waals surface area (Å²) in [4.78, 5) is 0. The van der Waals surface area contributed by atoms with E-state index in [1.54, 1.807) is 12.1 Å². The second-order valence-electron chi connectivity index (χ2n) is 4.46. The lowest BCUT2D eigenvalue weighted by Crippen LogP contribution is -2.17. The van der Waals surface area contributed by atoms with Crippen LogP contribution in [-0.2, 0) is 13.0 Å². The predicted molar refractivity (Wildman–Crippen MR) is 69.8 cm³/mol. The highest BCUT2D eigenvalue weighted by molar-refractivity contribution is 5.30. The van der Waals surface area contributed by atoms with E-state index in [0.29, 0.717) is 18.5 Å². The lowest BCUT2D eigenvalue weighted by atomic mass is 10.1. The summed E-state index contributed by atoms with van der Waals surface area (Å²) < 4.78 is 38.9. The van der Waals surface area contributed by atoms with Crippen LogP contribution in [0.25, 0.3) is 0 Å². The van der Waals surface area contributed by atoms with E-state index in [2.05, 4.69) is 5.32 Å². The van der Waals surface area contributed by atoms with Crippen molar-refractivity contribution in [2.45, 2.75) is 13.0 Å². The highest BCUT2D eigenvalue weighted by Crippen LogP contribution is 2.21. The molecule has 2 aromatic rings. The van der Waals surface area contributed by atoms with Gasteiger partial charge in [-0.2, -0.15) is 0 Å². The maximum atomic E-state index is 13.1. The minimum absolute atomic E-state index is 0.281. The van der Waals surface area contributed by atoms with Gasteiger partial charge < -0.3 is 10.4 Å². The molecule has 2 aromatic carbocycles. The summed E-state index contributed by atoms with van der Waals surface area (Å²) in [6.07, 6.45) is 0.684. The molecule has 20 heavy (non-hydrogen) atoms. The van der Waals surface area contributed by atoms with Crippen LogP contribution in [0, 0.1) is 17.5 Å². The fraction of sp³-hybridized carbons (Fsp3) is 0.200. The Balaban J connectivity index is 1.83. The number of nitrogens with one attached hydrogen (secondary N) is 1. The Morgan fingerprint density at radius 3 is 2.10 bits per heavy atom. The number of phenols is 1. The van der Waals surface area contributed by atoms with E-state index in [0.717, 1.165) is 17.7 Å². The highest BCUT2D eigenvalue weighted by Gasteiger charge is 2.09. The minimum atomic E-state index is -0.972. The third-order valence-electron chi connectivity index (χ3n) is 2.91. The molecule has 0 aromatic heterocycles. The summed E-state index contributed by atoms with van der Waals surface area (Å²) in [5.74, 6) is -3.18. The molecule has 2 N–H and O–H groups in total.